The molecule has 276 valence electrons. The van der Waals surface area contributed by atoms with Crippen LogP contribution in [0.1, 0.15) is 23.6 Å². The Morgan fingerprint density at radius 3 is 2.28 bits per heavy atom. The zero-order valence-electron chi connectivity index (χ0n) is 31.7. The first-order chi connectivity index (χ1) is 28.5. The summed E-state index contributed by atoms with van der Waals surface area (Å²) < 4.78 is 6.71. The van der Waals surface area contributed by atoms with Gasteiger partial charge in [0.1, 0.15) is 11.2 Å². The van der Waals surface area contributed by atoms with E-state index in [0.29, 0.717) is 0 Å². The second-order valence-electron chi connectivity index (χ2n) is 15.0. The summed E-state index contributed by atoms with van der Waals surface area (Å²) >= 11 is 9.04. The van der Waals surface area contributed by atoms with Gasteiger partial charge in [-0.3, -0.25) is 0 Å². The van der Waals surface area contributed by atoms with Crippen LogP contribution in [0.5, 0.6) is 0 Å². The number of allylic oxidation sites excluding steroid dienone is 4. The number of halogens is 1. The Kier molecular flexibility index (Phi) is 8.11. The van der Waals surface area contributed by atoms with Crippen molar-refractivity contribution in [2.24, 2.45) is 0 Å². The van der Waals surface area contributed by atoms with Gasteiger partial charge in [-0.1, -0.05) is 151 Å². The molecular weight excluding hydrogens is 746 g/mol. The lowest BCUT2D eigenvalue weighted by molar-refractivity contribution is 0.670. The molecule has 1 aromatic heterocycles. The van der Waals surface area contributed by atoms with Crippen molar-refractivity contribution in [2.75, 3.05) is 4.90 Å². The van der Waals surface area contributed by atoms with E-state index < -0.39 is 5.41 Å². The Morgan fingerprint density at radius 1 is 0.621 bits per heavy atom. The summed E-state index contributed by atoms with van der Waals surface area (Å²) in [4.78, 5) is 4.84. The maximum atomic E-state index is 7.23. The molecule has 0 bridgehead atoms. The van der Waals surface area contributed by atoms with E-state index in [1.165, 1.54) is 42.8 Å². The molecule has 0 amide bonds. The predicted octanol–water partition coefficient (Wildman–Crippen LogP) is 16.0. The van der Waals surface area contributed by atoms with Gasteiger partial charge in [0.2, 0.25) is 0 Å². The number of para-hydroxylation sites is 2. The highest BCUT2D eigenvalue weighted by atomic mass is 35.5. The van der Waals surface area contributed by atoms with Gasteiger partial charge < -0.3 is 9.32 Å². The Balaban J connectivity index is 1.21. The van der Waals surface area contributed by atoms with Gasteiger partial charge in [-0.05, 0) is 118 Å². The second kappa shape index (κ2) is 13.6. The minimum absolute atomic E-state index is 0.572. The Hall–Kier alpha value is -6.52. The summed E-state index contributed by atoms with van der Waals surface area (Å²) in [6.07, 6.45) is 6.09. The molecular formula is C54H36ClNOS. The number of nitrogens with zero attached hydrogens (tertiary/aromatic N) is 1. The Morgan fingerprint density at radius 2 is 1.40 bits per heavy atom. The maximum Gasteiger partial charge on any atom is 0.143 e. The van der Waals surface area contributed by atoms with E-state index >= 15 is 0 Å². The number of rotatable bonds is 6. The Bertz CT molecular complexity index is 3210. The zero-order valence-corrected chi connectivity index (χ0v) is 33.3. The van der Waals surface area contributed by atoms with Gasteiger partial charge in [0, 0.05) is 53.8 Å². The molecule has 9 aromatic rings. The molecule has 4 heteroatoms. The molecule has 11 rings (SSSR count). The van der Waals surface area contributed by atoms with Gasteiger partial charge in [0.25, 0.3) is 0 Å². The third-order valence-electron chi connectivity index (χ3n) is 12.0. The minimum atomic E-state index is -0.572. The number of anilines is 3. The number of fused-ring (bicyclic) bond motifs is 11. The van der Waals surface area contributed by atoms with Gasteiger partial charge in [-0.25, -0.2) is 0 Å². The monoisotopic (exact) mass is 781 g/mol. The fourth-order valence-electron chi connectivity index (χ4n) is 9.45. The third-order valence-corrected chi connectivity index (χ3v) is 13.5. The van der Waals surface area contributed by atoms with E-state index in [0.717, 1.165) is 66.3 Å². The minimum Gasteiger partial charge on any atom is -0.455 e. The van der Waals surface area contributed by atoms with Crippen molar-refractivity contribution < 1.29 is 4.42 Å². The van der Waals surface area contributed by atoms with Crippen LogP contribution in [0, 0.1) is 0 Å². The standard InChI is InChI=1S/C54H36ClNOS/c1-3-4-24-50-34(2)54(45-20-11-13-25-51(45)58-50)46-21-14-22-48(55)52(46)42-29-28-39(33-47(42)54)56(38-17-6-5-7-18-38)40-31-43(37-27-26-35-15-8-9-16-36(35)30-37)53-44(32-40)41-19-10-12-23-49(41)57-53/h3-33H,1H2,2H3/b24-4-. The van der Waals surface area contributed by atoms with Gasteiger partial charge in [-0.15, -0.1) is 0 Å². The molecule has 1 atom stereocenters. The normalized spacial score (nSPS) is 15.7. The predicted molar refractivity (Wildman–Crippen MR) is 246 cm³/mol. The highest BCUT2D eigenvalue weighted by molar-refractivity contribution is 8.03. The number of hydrogen-bond acceptors (Lipinski definition) is 3. The average Bonchev–Trinajstić information content (AvgIpc) is 3.79. The molecule has 0 fully saturated rings. The van der Waals surface area contributed by atoms with Crippen LogP contribution in [-0.2, 0) is 5.41 Å². The van der Waals surface area contributed by atoms with Crippen LogP contribution in [-0.4, -0.2) is 0 Å². The molecule has 1 unspecified atom stereocenters. The van der Waals surface area contributed by atoms with Crippen molar-refractivity contribution in [3.8, 4) is 22.3 Å². The van der Waals surface area contributed by atoms with E-state index in [2.05, 4.69) is 182 Å². The first kappa shape index (κ1) is 34.7. The van der Waals surface area contributed by atoms with Crippen molar-refractivity contribution in [2.45, 2.75) is 17.2 Å². The molecule has 2 heterocycles. The van der Waals surface area contributed by atoms with E-state index in [4.69, 9.17) is 16.0 Å². The molecule has 0 radical (unpaired) electrons. The van der Waals surface area contributed by atoms with Gasteiger partial charge in [-0.2, -0.15) is 0 Å². The van der Waals surface area contributed by atoms with Gasteiger partial charge in [0.15, 0.2) is 0 Å². The second-order valence-corrected chi connectivity index (χ2v) is 16.5. The smallest absolute Gasteiger partial charge is 0.143 e. The molecule has 0 N–H and O–H groups in total. The van der Waals surface area contributed by atoms with E-state index in [1.807, 2.05) is 36.0 Å². The number of hydrogen-bond donors (Lipinski definition) is 0. The van der Waals surface area contributed by atoms with Crippen LogP contribution < -0.4 is 4.90 Å². The van der Waals surface area contributed by atoms with Crippen LogP contribution in [0.3, 0.4) is 0 Å². The molecule has 0 saturated carbocycles. The molecule has 0 saturated heterocycles. The highest BCUT2D eigenvalue weighted by Gasteiger charge is 2.50. The number of thioether (sulfide) groups is 1. The summed E-state index contributed by atoms with van der Waals surface area (Å²) in [5.74, 6) is 0. The lowest BCUT2D eigenvalue weighted by Gasteiger charge is -2.40. The third kappa shape index (κ3) is 5.14. The van der Waals surface area contributed by atoms with Crippen molar-refractivity contribution in [3.63, 3.8) is 0 Å². The number of furan rings is 1. The summed E-state index contributed by atoms with van der Waals surface area (Å²) in [5.41, 5.74) is 13.7. The van der Waals surface area contributed by atoms with E-state index in [9.17, 15) is 0 Å². The van der Waals surface area contributed by atoms with Crippen LogP contribution in [0.2, 0.25) is 5.02 Å². The van der Waals surface area contributed by atoms with E-state index in [-0.39, 0.29) is 0 Å². The fraction of sp³-hybridized carbons (Fsp3) is 0.0370. The molecule has 1 aliphatic heterocycles. The quantitative estimate of drug-likeness (QED) is 0.156. The van der Waals surface area contributed by atoms with Crippen LogP contribution in [0.15, 0.2) is 214 Å². The zero-order chi connectivity index (χ0) is 39.0. The van der Waals surface area contributed by atoms with Crippen molar-refractivity contribution in [3.05, 3.63) is 227 Å². The Labute approximate surface area is 347 Å². The molecule has 8 aromatic carbocycles. The first-order valence-corrected chi connectivity index (χ1v) is 20.8. The van der Waals surface area contributed by atoms with Crippen LogP contribution in [0.25, 0.3) is 55.0 Å². The molecule has 2 aliphatic rings. The summed E-state index contributed by atoms with van der Waals surface area (Å²) in [7, 11) is 0. The average molecular weight is 782 g/mol. The van der Waals surface area contributed by atoms with Gasteiger partial charge in [0.05, 0.1) is 5.41 Å². The van der Waals surface area contributed by atoms with Crippen LogP contribution in [0.4, 0.5) is 17.1 Å². The molecule has 1 aliphatic carbocycles. The molecule has 58 heavy (non-hydrogen) atoms. The highest BCUT2D eigenvalue weighted by Crippen LogP contribution is 2.63. The van der Waals surface area contributed by atoms with Crippen molar-refractivity contribution >= 4 is 73.1 Å². The molecule has 2 nitrogen and oxygen atoms in total. The van der Waals surface area contributed by atoms with Crippen molar-refractivity contribution in [1.82, 2.24) is 0 Å². The summed E-state index contributed by atoms with van der Waals surface area (Å²) in [6, 6.07) is 61.1. The SMILES string of the molecule is C=C/C=C\C1=C(C)C2(c3ccccc3S1)c1cc(N(c3ccccc3)c3cc(-c4ccc5ccccc5c4)c4oc5ccccc5c4c3)ccc1-c1c(Cl)cccc12. The lowest BCUT2D eigenvalue weighted by atomic mass is 9.67. The summed E-state index contributed by atoms with van der Waals surface area (Å²) in [5, 5.41) is 5.31. The number of benzene rings is 8. The van der Waals surface area contributed by atoms with E-state index in [1.54, 1.807) is 0 Å². The fourth-order valence-corrected chi connectivity index (χ4v) is 10.9. The lowest BCUT2D eigenvalue weighted by Crippen LogP contribution is -2.32. The van der Waals surface area contributed by atoms with Crippen molar-refractivity contribution in [1.29, 1.82) is 0 Å². The van der Waals surface area contributed by atoms with Gasteiger partial charge >= 0.3 is 0 Å². The summed E-state index contributed by atoms with van der Waals surface area (Å²) in [6.45, 7) is 6.29. The maximum absolute atomic E-state index is 7.23. The first-order valence-electron chi connectivity index (χ1n) is 19.6. The largest absolute Gasteiger partial charge is 0.455 e. The topological polar surface area (TPSA) is 16.4 Å². The van der Waals surface area contributed by atoms with Crippen LogP contribution >= 0.6 is 23.4 Å². The molecule has 1 spiro atoms.